The SMILES string of the molecule is C=C(OCOCCCOC(=O)C(=C)C(Cl)(Cl)Cl)C(Cl)(Cl)Cl. The van der Waals surface area contributed by atoms with Crippen molar-refractivity contribution in [2.45, 2.75) is 14.0 Å². The zero-order chi connectivity index (χ0) is 16.7. The minimum Gasteiger partial charge on any atom is -0.468 e. The Bertz CT molecular complexity index is 385. The highest BCUT2D eigenvalue weighted by molar-refractivity contribution is 6.70. The predicted molar refractivity (Wildman–Crippen MR) is 86.3 cm³/mol. The number of ether oxygens (including phenoxy) is 3. The van der Waals surface area contributed by atoms with Gasteiger partial charge in [0.25, 0.3) is 0 Å². The van der Waals surface area contributed by atoms with Gasteiger partial charge in [-0.3, -0.25) is 0 Å². The van der Waals surface area contributed by atoms with Gasteiger partial charge in [0.2, 0.25) is 7.59 Å². The Morgan fingerprint density at radius 2 is 1.48 bits per heavy atom. The van der Waals surface area contributed by atoms with Gasteiger partial charge in [0.1, 0.15) is 5.76 Å². The summed E-state index contributed by atoms with van der Waals surface area (Å²) in [6, 6.07) is 0. The highest BCUT2D eigenvalue weighted by Gasteiger charge is 2.30. The van der Waals surface area contributed by atoms with E-state index in [1.54, 1.807) is 0 Å². The molecule has 0 bridgehead atoms. The Balaban J connectivity index is 3.69. The van der Waals surface area contributed by atoms with E-state index in [-0.39, 0.29) is 31.3 Å². The number of halogens is 6. The lowest BCUT2D eigenvalue weighted by atomic mass is 10.3. The smallest absolute Gasteiger partial charge is 0.337 e. The molecule has 0 fully saturated rings. The number of carbonyl (C=O) groups is 1. The Kier molecular flexibility index (Phi) is 9.76. The number of alkyl halides is 6. The largest absolute Gasteiger partial charge is 0.468 e. The van der Waals surface area contributed by atoms with E-state index in [1.807, 2.05) is 0 Å². The number of allylic oxidation sites excluding steroid dienone is 1. The second kappa shape index (κ2) is 9.56. The summed E-state index contributed by atoms with van der Waals surface area (Å²) >= 11 is 32.9. The van der Waals surface area contributed by atoms with Crippen molar-refractivity contribution in [1.29, 1.82) is 0 Å². The third kappa shape index (κ3) is 9.95. The Labute approximate surface area is 152 Å². The molecule has 4 nitrogen and oxygen atoms in total. The maximum atomic E-state index is 11.4. The summed E-state index contributed by atoms with van der Waals surface area (Å²) < 4.78 is 11.2. The lowest BCUT2D eigenvalue weighted by molar-refractivity contribution is -0.139. The molecule has 0 radical (unpaired) electrons. The van der Waals surface area contributed by atoms with Crippen molar-refractivity contribution in [1.82, 2.24) is 0 Å². The van der Waals surface area contributed by atoms with E-state index in [2.05, 4.69) is 13.2 Å². The fourth-order valence-corrected chi connectivity index (χ4v) is 1.18. The van der Waals surface area contributed by atoms with Crippen LogP contribution in [-0.2, 0) is 19.0 Å². The molecule has 0 aliphatic heterocycles. The van der Waals surface area contributed by atoms with E-state index in [4.69, 9.17) is 83.8 Å². The third-order valence-corrected chi connectivity index (χ3v) is 3.20. The quantitative estimate of drug-likeness (QED) is 0.142. The van der Waals surface area contributed by atoms with Crippen LogP contribution in [0.4, 0.5) is 0 Å². The summed E-state index contributed by atoms with van der Waals surface area (Å²) in [5.41, 5.74) is -0.268. The van der Waals surface area contributed by atoms with Crippen molar-refractivity contribution >= 4 is 75.6 Å². The first-order valence-electron chi connectivity index (χ1n) is 5.36. The minimum absolute atomic E-state index is 0.0575. The molecule has 0 saturated carbocycles. The van der Waals surface area contributed by atoms with Crippen LogP contribution >= 0.6 is 69.6 Å². The molecule has 0 aromatic rings. The van der Waals surface area contributed by atoms with Crippen LogP contribution < -0.4 is 0 Å². The first-order valence-corrected chi connectivity index (χ1v) is 7.63. The Hall–Kier alpha value is 0.450. The zero-order valence-corrected chi connectivity index (χ0v) is 15.2. The third-order valence-electron chi connectivity index (χ3n) is 1.89. The zero-order valence-electron chi connectivity index (χ0n) is 10.6. The van der Waals surface area contributed by atoms with Gasteiger partial charge in [0.05, 0.1) is 18.8 Å². The van der Waals surface area contributed by atoms with Gasteiger partial charge in [-0.2, -0.15) is 0 Å². The summed E-state index contributed by atoms with van der Waals surface area (Å²) in [7, 11) is 0. The number of rotatable bonds is 8. The van der Waals surface area contributed by atoms with Crippen LogP contribution in [-0.4, -0.2) is 33.6 Å². The fourth-order valence-electron chi connectivity index (χ4n) is 0.782. The van der Waals surface area contributed by atoms with Gasteiger partial charge >= 0.3 is 5.97 Å². The molecular formula is C11H12Cl6O4. The number of hydrogen-bond acceptors (Lipinski definition) is 4. The molecule has 0 amide bonds. The molecule has 0 atom stereocenters. The molecule has 0 heterocycles. The minimum atomic E-state index is -1.89. The van der Waals surface area contributed by atoms with E-state index in [0.29, 0.717) is 6.42 Å². The van der Waals surface area contributed by atoms with Gasteiger partial charge < -0.3 is 14.2 Å². The molecule has 0 spiro atoms. The number of hydrogen-bond donors (Lipinski definition) is 0. The maximum absolute atomic E-state index is 11.4. The van der Waals surface area contributed by atoms with Crippen LogP contribution in [0.15, 0.2) is 24.5 Å². The van der Waals surface area contributed by atoms with Crippen LogP contribution in [0.1, 0.15) is 6.42 Å². The van der Waals surface area contributed by atoms with E-state index in [0.717, 1.165) is 0 Å². The average Bonchev–Trinajstić information content (AvgIpc) is 2.33. The molecule has 0 saturated heterocycles. The summed E-state index contributed by atoms with van der Waals surface area (Å²) in [4.78, 5) is 11.4. The average molecular weight is 421 g/mol. The van der Waals surface area contributed by atoms with Crippen LogP contribution in [0.5, 0.6) is 0 Å². The monoisotopic (exact) mass is 418 g/mol. The van der Waals surface area contributed by atoms with Crippen LogP contribution in [0, 0.1) is 0 Å². The van der Waals surface area contributed by atoms with Crippen molar-refractivity contribution in [3.63, 3.8) is 0 Å². The van der Waals surface area contributed by atoms with Crippen molar-refractivity contribution in [2.75, 3.05) is 20.0 Å². The molecule has 0 rings (SSSR count). The molecule has 0 N–H and O–H groups in total. The van der Waals surface area contributed by atoms with Crippen molar-refractivity contribution in [3.05, 3.63) is 24.5 Å². The molecule has 21 heavy (non-hydrogen) atoms. The lowest BCUT2D eigenvalue weighted by Gasteiger charge is -2.15. The molecular weight excluding hydrogens is 409 g/mol. The maximum Gasteiger partial charge on any atom is 0.337 e. The van der Waals surface area contributed by atoms with E-state index >= 15 is 0 Å². The fraction of sp³-hybridized carbons (Fsp3) is 0.545. The van der Waals surface area contributed by atoms with Crippen LogP contribution in [0.2, 0.25) is 0 Å². The highest BCUT2D eigenvalue weighted by Crippen LogP contribution is 2.34. The van der Waals surface area contributed by atoms with Crippen molar-refractivity contribution in [3.8, 4) is 0 Å². The lowest BCUT2D eigenvalue weighted by Crippen LogP contribution is -2.19. The van der Waals surface area contributed by atoms with Crippen LogP contribution in [0.3, 0.4) is 0 Å². The molecule has 122 valence electrons. The van der Waals surface area contributed by atoms with Crippen molar-refractivity contribution in [2.24, 2.45) is 0 Å². The second-order valence-corrected chi connectivity index (χ2v) is 8.12. The molecule has 0 unspecified atom stereocenters. The Morgan fingerprint density at radius 1 is 0.905 bits per heavy atom. The molecule has 0 aliphatic rings. The van der Waals surface area contributed by atoms with Gasteiger partial charge in [0, 0.05) is 6.42 Å². The van der Waals surface area contributed by atoms with E-state index < -0.39 is 13.6 Å². The summed E-state index contributed by atoms with van der Waals surface area (Å²) in [6.45, 7) is 6.88. The van der Waals surface area contributed by atoms with Gasteiger partial charge in [-0.25, -0.2) is 4.79 Å². The molecule has 10 heteroatoms. The molecule has 0 aromatic heterocycles. The van der Waals surface area contributed by atoms with Crippen molar-refractivity contribution < 1.29 is 19.0 Å². The normalized spacial score (nSPS) is 11.9. The summed E-state index contributed by atoms with van der Waals surface area (Å²) in [5, 5.41) is 0. The van der Waals surface area contributed by atoms with Gasteiger partial charge in [-0.05, 0) is 0 Å². The molecule has 0 aliphatic carbocycles. The van der Waals surface area contributed by atoms with E-state index in [9.17, 15) is 4.79 Å². The topological polar surface area (TPSA) is 44.8 Å². The standard InChI is InChI=1S/C11H12Cl6O4/c1-7(10(12,13)14)9(18)20-5-3-4-19-6-21-8(2)11(15,16)17/h1-6H2. The first kappa shape index (κ1) is 21.4. The Morgan fingerprint density at radius 3 is 1.95 bits per heavy atom. The van der Waals surface area contributed by atoms with Crippen LogP contribution in [0.25, 0.3) is 0 Å². The number of esters is 1. The van der Waals surface area contributed by atoms with E-state index in [1.165, 1.54) is 0 Å². The molecule has 0 aromatic carbocycles. The second-order valence-electron chi connectivity index (χ2n) is 3.56. The highest BCUT2D eigenvalue weighted by atomic mass is 35.6. The van der Waals surface area contributed by atoms with Gasteiger partial charge in [-0.15, -0.1) is 0 Å². The predicted octanol–water partition coefficient (Wildman–Crippen LogP) is 4.72. The first-order chi connectivity index (χ1) is 9.46. The van der Waals surface area contributed by atoms with Gasteiger partial charge in [-0.1, -0.05) is 82.8 Å². The van der Waals surface area contributed by atoms with Gasteiger partial charge in [0.15, 0.2) is 6.79 Å². The summed E-state index contributed by atoms with van der Waals surface area (Å²) in [5.74, 6) is -0.853. The summed E-state index contributed by atoms with van der Waals surface area (Å²) in [6.07, 6.45) is 0.391. The number of carbonyl (C=O) groups excluding carboxylic acids is 1.